The molecule has 0 aromatic carbocycles. The zero-order valence-electron chi connectivity index (χ0n) is 5.32. The van der Waals surface area contributed by atoms with Gasteiger partial charge in [0, 0.05) is 0 Å². The molecule has 0 aliphatic carbocycles. The van der Waals surface area contributed by atoms with E-state index in [0.717, 1.165) is 12.1 Å². The number of aryl methyl sites for hydroxylation is 1. The van der Waals surface area contributed by atoms with Gasteiger partial charge in [-0.3, -0.25) is 5.10 Å². The Morgan fingerprint density at radius 3 is 3.00 bits per heavy atom. The average Bonchev–Trinajstić information content (AvgIpc) is 2.33. The van der Waals surface area contributed by atoms with Crippen molar-refractivity contribution in [1.82, 2.24) is 10.2 Å². The minimum atomic E-state index is 0.531. The molecule has 1 rings (SSSR count). The van der Waals surface area contributed by atoms with Crippen LogP contribution in [0.2, 0.25) is 0 Å². The van der Waals surface area contributed by atoms with Crippen LogP contribution < -0.4 is 0 Å². The molecule has 50 valence electrons. The summed E-state index contributed by atoms with van der Waals surface area (Å²) in [5.74, 6) is 0.531. The Morgan fingerprint density at radius 2 is 2.56 bits per heavy atom. The van der Waals surface area contributed by atoms with E-state index in [0.29, 0.717) is 5.88 Å². The number of nitrogens with zero attached hydrogens (tertiary/aromatic N) is 1. The quantitative estimate of drug-likeness (QED) is 0.629. The molecule has 0 atom stereocenters. The Balaban J connectivity index is 2.85. The van der Waals surface area contributed by atoms with Gasteiger partial charge in [-0.2, -0.15) is 5.10 Å². The van der Waals surface area contributed by atoms with Crippen LogP contribution in [0, 0.1) is 0 Å². The minimum absolute atomic E-state index is 0.531. The number of alkyl halides is 1. The van der Waals surface area contributed by atoms with E-state index in [1.807, 2.05) is 6.20 Å². The SMILES string of the molecule is CCc1cn[nH]c1CCl. The highest BCUT2D eigenvalue weighted by Crippen LogP contribution is 2.06. The van der Waals surface area contributed by atoms with Crippen molar-refractivity contribution < 1.29 is 0 Å². The molecular formula is C6H9ClN2. The smallest absolute Gasteiger partial charge is 0.0644 e. The van der Waals surface area contributed by atoms with E-state index in [9.17, 15) is 0 Å². The monoisotopic (exact) mass is 144 g/mol. The largest absolute Gasteiger partial charge is 0.281 e. The molecule has 0 amide bonds. The molecule has 0 saturated heterocycles. The van der Waals surface area contributed by atoms with E-state index < -0.39 is 0 Å². The van der Waals surface area contributed by atoms with Gasteiger partial charge in [-0.05, 0) is 12.0 Å². The van der Waals surface area contributed by atoms with Crippen LogP contribution in [0.5, 0.6) is 0 Å². The second kappa shape index (κ2) is 2.87. The first-order valence-electron chi connectivity index (χ1n) is 2.95. The van der Waals surface area contributed by atoms with Gasteiger partial charge in [-0.1, -0.05) is 6.92 Å². The number of nitrogens with one attached hydrogen (secondary N) is 1. The van der Waals surface area contributed by atoms with Crippen LogP contribution in [0.25, 0.3) is 0 Å². The summed E-state index contributed by atoms with van der Waals surface area (Å²) in [7, 11) is 0. The number of rotatable bonds is 2. The van der Waals surface area contributed by atoms with E-state index in [-0.39, 0.29) is 0 Å². The summed E-state index contributed by atoms with van der Waals surface area (Å²) >= 11 is 5.58. The number of hydrogen-bond acceptors (Lipinski definition) is 1. The third-order valence-corrected chi connectivity index (χ3v) is 1.59. The molecule has 1 aromatic heterocycles. The molecule has 1 N–H and O–H groups in total. The Bertz CT molecular complexity index is 164. The predicted octanol–water partition coefficient (Wildman–Crippen LogP) is 1.71. The standard InChI is InChI=1S/C6H9ClN2/c1-2-5-4-8-9-6(5)3-7/h4H,2-3H2,1H3,(H,8,9). The van der Waals surface area contributed by atoms with Crippen LogP contribution in [-0.4, -0.2) is 10.2 Å². The van der Waals surface area contributed by atoms with Crippen molar-refractivity contribution in [3.05, 3.63) is 17.5 Å². The molecule has 1 heterocycles. The first-order chi connectivity index (χ1) is 4.38. The van der Waals surface area contributed by atoms with Gasteiger partial charge in [-0.15, -0.1) is 11.6 Å². The van der Waals surface area contributed by atoms with Gasteiger partial charge in [0.2, 0.25) is 0 Å². The van der Waals surface area contributed by atoms with Crippen molar-refractivity contribution in [3.8, 4) is 0 Å². The molecule has 0 fully saturated rings. The minimum Gasteiger partial charge on any atom is -0.281 e. The van der Waals surface area contributed by atoms with Gasteiger partial charge in [0.25, 0.3) is 0 Å². The van der Waals surface area contributed by atoms with E-state index in [1.165, 1.54) is 5.56 Å². The summed E-state index contributed by atoms with van der Waals surface area (Å²) in [5.41, 5.74) is 2.25. The third-order valence-electron chi connectivity index (χ3n) is 1.32. The molecule has 9 heavy (non-hydrogen) atoms. The third kappa shape index (κ3) is 1.24. The highest BCUT2D eigenvalue weighted by molar-refractivity contribution is 6.16. The molecule has 0 aliphatic rings. The van der Waals surface area contributed by atoms with Crippen LogP contribution >= 0.6 is 11.6 Å². The van der Waals surface area contributed by atoms with Crippen molar-refractivity contribution in [1.29, 1.82) is 0 Å². The van der Waals surface area contributed by atoms with Gasteiger partial charge in [0.1, 0.15) is 0 Å². The van der Waals surface area contributed by atoms with E-state index in [2.05, 4.69) is 17.1 Å². The molecule has 0 radical (unpaired) electrons. The highest BCUT2D eigenvalue weighted by Gasteiger charge is 1.98. The van der Waals surface area contributed by atoms with E-state index in [4.69, 9.17) is 11.6 Å². The topological polar surface area (TPSA) is 28.7 Å². The van der Waals surface area contributed by atoms with Gasteiger partial charge >= 0.3 is 0 Å². The van der Waals surface area contributed by atoms with Crippen molar-refractivity contribution in [2.24, 2.45) is 0 Å². The average molecular weight is 145 g/mol. The van der Waals surface area contributed by atoms with Gasteiger partial charge in [0.05, 0.1) is 17.8 Å². The van der Waals surface area contributed by atoms with Crippen LogP contribution in [0.3, 0.4) is 0 Å². The summed E-state index contributed by atoms with van der Waals surface area (Å²) in [6.45, 7) is 2.08. The summed E-state index contributed by atoms with van der Waals surface area (Å²) in [6, 6.07) is 0. The molecule has 0 aliphatic heterocycles. The second-order valence-electron chi connectivity index (χ2n) is 1.86. The van der Waals surface area contributed by atoms with Gasteiger partial charge < -0.3 is 0 Å². The summed E-state index contributed by atoms with van der Waals surface area (Å²) in [4.78, 5) is 0. The molecule has 0 saturated carbocycles. The summed E-state index contributed by atoms with van der Waals surface area (Å²) in [5, 5.41) is 6.68. The maximum Gasteiger partial charge on any atom is 0.0644 e. The number of hydrogen-bond donors (Lipinski definition) is 1. The van der Waals surface area contributed by atoms with Gasteiger partial charge in [0.15, 0.2) is 0 Å². The first kappa shape index (κ1) is 6.62. The van der Waals surface area contributed by atoms with Crippen molar-refractivity contribution in [2.45, 2.75) is 19.2 Å². The summed E-state index contributed by atoms with van der Waals surface area (Å²) < 4.78 is 0. The fourth-order valence-electron chi connectivity index (χ4n) is 0.758. The van der Waals surface area contributed by atoms with Crippen LogP contribution in [-0.2, 0) is 12.3 Å². The van der Waals surface area contributed by atoms with Crippen LogP contribution in [0.1, 0.15) is 18.2 Å². The van der Waals surface area contributed by atoms with E-state index in [1.54, 1.807) is 0 Å². The fraction of sp³-hybridized carbons (Fsp3) is 0.500. The lowest BCUT2D eigenvalue weighted by Crippen LogP contribution is -1.83. The highest BCUT2D eigenvalue weighted by atomic mass is 35.5. The number of H-pyrrole nitrogens is 1. The molecule has 3 heteroatoms. The molecule has 0 bridgehead atoms. The fourth-order valence-corrected chi connectivity index (χ4v) is 0.990. The zero-order valence-corrected chi connectivity index (χ0v) is 6.07. The second-order valence-corrected chi connectivity index (χ2v) is 2.13. The number of halogens is 1. The van der Waals surface area contributed by atoms with Crippen molar-refractivity contribution in [2.75, 3.05) is 0 Å². The Labute approximate surface area is 59.2 Å². The van der Waals surface area contributed by atoms with Crippen LogP contribution in [0.4, 0.5) is 0 Å². The molecule has 0 spiro atoms. The first-order valence-corrected chi connectivity index (χ1v) is 3.49. The Morgan fingerprint density at radius 1 is 1.78 bits per heavy atom. The zero-order chi connectivity index (χ0) is 6.69. The maximum atomic E-state index is 5.58. The normalized spacial score (nSPS) is 10.0. The molecule has 2 nitrogen and oxygen atoms in total. The molecule has 1 aromatic rings. The van der Waals surface area contributed by atoms with Crippen LogP contribution in [0.15, 0.2) is 6.20 Å². The van der Waals surface area contributed by atoms with E-state index >= 15 is 0 Å². The molecular weight excluding hydrogens is 136 g/mol. The Kier molecular flexibility index (Phi) is 2.11. The number of aromatic nitrogens is 2. The van der Waals surface area contributed by atoms with Gasteiger partial charge in [-0.25, -0.2) is 0 Å². The lowest BCUT2D eigenvalue weighted by molar-refractivity contribution is 1.02. The summed E-state index contributed by atoms with van der Waals surface area (Å²) in [6.07, 6.45) is 2.82. The lowest BCUT2D eigenvalue weighted by Gasteiger charge is -1.90. The van der Waals surface area contributed by atoms with Crippen molar-refractivity contribution in [3.63, 3.8) is 0 Å². The lowest BCUT2D eigenvalue weighted by atomic mass is 10.2. The Hall–Kier alpha value is -0.500. The van der Waals surface area contributed by atoms with Crippen molar-refractivity contribution >= 4 is 11.6 Å². The molecule has 0 unspecified atom stereocenters. The number of aromatic amines is 1. The predicted molar refractivity (Wildman–Crippen MR) is 37.5 cm³/mol. The maximum absolute atomic E-state index is 5.58.